The first-order chi connectivity index (χ1) is 6.77. The van der Waals surface area contributed by atoms with Gasteiger partial charge < -0.3 is 4.43 Å². The minimum absolute atomic E-state index is 0.180. The van der Waals surface area contributed by atoms with Crippen molar-refractivity contribution in [2.75, 3.05) is 0 Å². The van der Waals surface area contributed by atoms with E-state index < -0.39 is 0 Å². The van der Waals surface area contributed by atoms with Gasteiger partial charge >= 0.3 is 0 Å². The largest absolute Gasteiger partial charge is 0.422 e. The second-order valence-corrected chi connectivity index (χ2v) is 5.84. The van der Waals surface area contributed by atoms with Crippen LogP contribution in [0.2, 0.25) is 6.04 Å². The third-order valence-corrected chi connectivity index (χ3v) is 4.14. The van der Waals surface area contributed by atoms with Crippen molar-refractivity contribution in [2.45, 2.75) is 77.9 Å². The zero-order chi connectivity index (χ0) is 10.6. The SMILES string of the molecule is CCCCCCCCC[SiH2]OC(C)C. The molecule has 0 aliphatic rings. The van der Waals surface area contributed by atoms with Crippen molar-refractivity contribution in [3.8, 4) is 0 Å². The molecule has 0 N–H and O–H groups in total. The van der Waals surface area contributed by atoms with Crippen LogP contribution in [-0.4, -0.2) is 15.9 Å². The molecular formula is C12H28OSi. The van der Waals surface area contributed by atoms with Gasteiger partial charge in [-0.3, -0.25) is 0 Å². The van der Waals surface area contributed by atoms with Gasteiger partial charge in [0, 0.05) is 6.10 Å². The summed E-state index contributed by atoms with van der Waals surface area (Å²) in [5.41, 5.74) is 0. The molecule has 0 saturated heterocycles. The third kappa shape index (κ3) is 12.2. The Morgan fingerprint density at radius 3 is 2.07 bits per heavy atom. The molecule has 86 valence electrons. The number of unbranched alkanes of at least 4 members (excludes halogenated alkanes) is 6. The van der Waals surface area contributed by atoms with E-state index in [4.69, 9.17) is 4.43 Å². The average molecular weight is 216 g/mol. The van der Waals surface area contributed by atoms with Crippen molar-refractivity contribution in [1.82, 2.24) is 0 Å². The van der Waals surface area contributed by atoms with Crippen LogP contribution in [-0.2, 0) is 4.43 Å². The molecule has 1 nitrogen and oxygen atoms in total. The topological polar surface area (TPSA) is 9.23 Å². The second kappa shape index (κ2) is 11.3. The average Bonchev–Trinajstić information content (AvgIpc) is 2.15. The van der Waals surface area contributed by atoms with Crippen LogP contribution in [0.15, 0.2) is 0 Å². The van der Waals surface area contributed by atoms with Crippen LogP contribution in [0, 0.1) is 0 Å². The standard InChI is InChI=1S/C12H28OSi/c1-4-5-6-7-8-9-10-11-14-13-12(2)3/h12H,4-11,14H2,1-3H3. The lowest BCUT2D eigenvalue weighted by atomic mass is 10.1. The van der Waals surface area contributed by atoms with Gasteiger partial charge in [-0.25, -0.2) is 0 Å². The van der Waals surface area contributed by atoms with E-state index in [0.29, 0.717) is 6.10 Å². The van der Waals surface area contributed by atoms with E-state index in [1.807, 2.05) is 0 Å². The smallest absolute Gasteiger partial charge is 0.161 e. The fourth-order valence-electron chi connectivity index (χ4n) is 1.55. The Kier molecular flexibility index (Phi) is 11.4. The molecule has 0 radical (unpaired) electrons. The molecule has 0 unspecified atom stereocenters. The molecule has 0 aliphatic heterocycles. The zero-order valence-electron chi connectivity index (χ0n) is 10.3. The van der Waals surface area contributed by atoms with E-state index in [1.165, 1.54) is 51.0 Å². The molecule has 0 atom stereocenters. The Bertz CT molecular complexity index is 104. The van der Waals surface area contributed by atoms with Crippen LogP contribution >= 0.6 is 0 Å². The number of rotatable bonds is 10. The first kappa shape index (κ1) is 14.2. The Morgan fingerprint density at radius 1 is 0.929 bits per heavy atom. The van der Waals surface area contributed by atoms with E-state index in [0.717, 1.165) is 0 Å². The van der Waals surface area contributed by atoms with Crippen molar-refractivity contribution < 1.29 is 4.43 Å². The molecule has 0 aromatic carbocycles. The van der Waals surface area contributed by atoms with Crippen LogP contribution in [0.25, 0.3) is 0 Å². The zero-order valence-corrected chi connectivity index (χ0v) is 11.8. The monoisotopic (exact) mass is 216 g/mol. The van der Waals surface area contributed by atoms with E-state index >= 15 is 0 Å². The van der Waals surface area contributed by atoms with E-state index in [9.17, 15) is 0 Å². The summed E-state index contributed by atoms with van der Waals surface area (Å²) in [4.78, 5) is 0. The third-order valence-electron chi connectivity index (χ3n) is 2.45. The van der Waals surface area contributed by atoms with Gasteiger partial charge in [-0.05, 0) is 19.9 Å². The quantitative estimate of drug-likeness (QED) is 0.400. The van der Waals surface area contributed by atoms with Gasteiger partial charge in [-0.2, -0.15) is 0 Å². The van der Waals surface area contributed by atoms with Gasteiger partial charge in [0.25, 0.3) is 0 Å². The first-order valence-corrected chi connectivity index (χ1v) is 7.96. The van der Waals surface area contributed by atoms with Gasteiger partial charge in [-0.15, -0.1) is 0 Å². The summed E-state index contributed by atoms with van der Waals surface area (Å²) in [6.45, 7) is 6.55. The molecule has 0 rings (SSSR count). The molecule has 0 aromatic rings. The summed E-state index contributed by atoms with van der Waals surface area (Å²) in [6.07, 6.45) is 10.4. The Balaban J connectivity index is 2.85. The molecule has 0 spiro atoms. The van der Waals surface area contributed by atoms with Crippen LogP contribution < -0.4 is 0 Å². The van der Waals surface area contributed by atoms with Crippen LogP contribution in [0.5, 0.6) is 0 Å². The lowest BCUT2D eigenvalue weighted by molar-refractivity contribution is 0.254. The fraction of sp³-hybridized carbons (Fsp3) is 1.00. The Labute approximate surface area is 92.6 Å². The molecule has 0 aromatic heterocycles. The summed E-state index contributed by atoms with van der Waals surface area (Å²) < 4.78 is 5.63. The van der Waals surface area contributed by atoms with Crippen LogP contribution in [0.1, 0.15) is 65.7 Å². The van der Waals surface area contributed by atoms with Gasteiger partial charge in [0.1, 0.15) is 0 Å². The molecular weight excluding hydrogens is 188 g/mol. The van der Waals surface area contributed by atoms with Gasteiger partial charge in [0.2, 0.25) is 0 Å². The molecule has 0 aliphatic carbocycles. The summed E-state index contributed by atoms with van der Waals surface area (Å²) >= 11 is 0. The maximum Gasteiger partial charge on any atom is 0.161 e. The summed E-state index contributed by atoms with van der Waals surface area (Å²) in [7, 11) is -0.180. The highest BCUT2D eigenvalue weighted by molar-refractivity contribution is 6.27. The van der Waals surface area contributed by atoms with Crippen LogP contribution in [0.3, 0.4) is 0 Å². The molecule has 0 fully saturated rings. The highest BCUT2D eigenvalue weighted by atomic mass is 28.2. The Hall–Kier alpha value is 0.177. The summed E-state index contributed by atoms with van der Waals surface area (Å²) in [5.74, 6) is 0. The minimum atomic E-state index is -0.180. The molecule has 0 amide bonds. The van der Waals surface area contributed by atoms with Crippen LogP contribution in [0.4, 0.5) is 0 Å². The van der Waals surface area contributed by atoms with Gasteiger partial charge in [0.15, 0.2) is 9.76 Å². The molecule has 0 bridgehead atoms. The van der Waals surface area contributed by atoms with Gasteiger partial charge in [0.05, 0.1) is 0 Å². The van der Waals surface area contributed by atoms with Crippen molar-refractivity contribution >= 4 is 9.76 Å². The maximum absolute atomic E-state index is 5.63. The molecule has 0 heterocycles. The lowest BCUT2D eigenvalue weighted by Crippen LogP contribution is -2.06. The lowest BCUT2D eigenvalue weighted by Gasteiger charge is -2.06. The Morgan fingerprint density at radius 2 is 1.50 bits per heavy atom. The minimum Gasteiger partial charge on any atom is -0.422 e. The van der Waals surface area contributed by atoms with E-state index in [-0.39, 0.29) is 9.76 Å². The molecule has 0 saturated carbocycles. The molecule has 2 heteroatoms. The normalized spacial score (nSPS) is 12.0. The molecule has 14 heavy (non-hydrogen) atoms. The number of hydrogen-bond donors (Lipinski definition) is 0. The number of hydrogen-bond acceptors (Lipinski definition) is 1. The maximum atomic E-state index is 5.63. The van der Waals surface area contributed by atoms with E-state index in [2.05, 4.69) is 20.8 Å². The van der Waals surface area contributed by atoms with Crippen molar-refractivity contribution in [3.05, 3.63) is 0 Å². The summed E-state index contributed by atoms with van der Waals surface area (Å²) in [6, 6.07) is 1.38. The highest BCUT2D eigenvalue weighted by Gasteiger charge is 1.94. The second-order valence-electron chi connectivity index (χ2n) is 4.39. The van der Waals surface area contributed by atoms with Crippen molar-refractivity contribution in [1.29, 1.82) is 0 Å². The predicted octanol–water partition coefficient (Wildman–Crippen LogP) is 3.66. The fourth-order valence-corrected chi connectivity index (χ4v) is 2.75. The van der Waals surface area contributed by atoms with Gasteiger partial charge in [-0.1, -0.05) is 51.9 Å². The summed E-state index contributed by atoms with van der Waals surface area (Å²) in [5, 5.41) is 0. The van der Waals surface area contributed by atoms with E-state index in [1.54, 1.807) is 0 Å². The van der Waals surface area contributed by atoms with Crippen molar-refractivity contribution in [3.63, 3.8) is 0 Å². The predicted molar refractivity (Wildman–Crippen MR) is 67.6 cm³/mol. The van der Waals surface area contributed by atoms with Crippen molar-refractivity contribution in [2.24, 2.45) is 0 Å². The highest BCUT2D eigenvalue weighted by Crippen LogP contribution is 2.08. The first-order valence-electron chi connectivity index (χ1n) is 6.39.